The molecule has 0 aliphatic carbocycles. The molecule has 2 atom stereocenters. The highest BCUT2D eigenvalue weighted by Gasteiger charge is 2.39. The molecule has 2 aliphatic heterocycles. The van der Waals surface area contributed by atoms with Crippen LogP contribution in [0.15, 0.2) is 23.8 Å². The molecular weight excluding hydrogens is 368 g/mol. The second-order valence-corrected chi connectivity index (χ2v) is 8.25. The second-order valence-electron chi connectivity index (χ2n) is 8.25. The van der Waals surface area contributed by atoms with Crippen molar-refractivity contribution in [1.82, 2.24) is 9.80 Å². The number of methoxy groups -OCH3 is 3. The van der Waals surface area contributed by atoms with Gasteiger partial charge in [-0.25, -0.2) is 0 Å². The minimum atomic E-state index is 0.248. The summed E-state index contributed by atoms with van der Waals surface area (Å²) in [6.07, 6.45) is 4.93. The number of rotatable bonds is 7. The van der Waals surface area contributed by atoms with Crippen LogP contribution in [0.1, 0.15) is 38.7 Å². The Balaban J connectivity index is 1.77. The van der Waals surface area contributed by atoms with Gasteiger partial charge in [0.2, 0.25) is 11.7 Å². The zero-order valence-electron chi connectivity index (χ0n) is 18.4. The van der Waals surface area contributed by atoms with E-state index in [4.69, 9.17) is 14.2 Å². The monoisotopic (exact) mass is 402 g/mol. The lowest BCUT2D eigenvalue weighted by atomic mass is 9.83. The van der Waals surface area contributed by atoms with E-state index >= 15 is 0 Å². The molecule has 2 saturated heterocycles. The summed E-state index contributed by atoms with van der Waals surface area (Å²) in [6, 6.07) is 4.20. The van der Waals surface area contributed by atoms with Gasteiger partial charge in [0.1, 0.15) is 0 Å². The van der Waals surface area contributed by atoms with Crippen LogP contribution in [0, 0.1) is 5.92 Å². The Morgan fingerprint density at radius 2 is 1.79 bits per heavy atom. The molecule has 0 N–H and O–H groups in total. The van der Waals surface area contributed by atoms with Crippen molar-refractivity contribution < 1.29 is 19.0 Å². The van der Waals surface area contributed by atoms with Crippen molar-refractivity contribution in [2.45, 2.75) is 45.7 Å². The molecule has 6 heteroatoms. The van der Waals surface area contributed by atoms with E-state index in [0.29, 0.717) is 42.2 Å². The molecule has 0 aromatic heterocycles. The first kappa shape index (κ1) is 21.5. The molecular formula is C23H34N2O4. The lowest BCUT2D eigenvalue weighted by Gasteiger charge is -2.47. The van der Waals surface area contributed by atoms with Crippen molar-refractivity contribution >= 4 is 5.91 Å². The summed E-state index contributed by atoms with van der Waals surface area (Å²) in [6.45, 7) is 7.96. The number of likely N-dealkylation sites (tertiary alicyclic amines) is 2. The molecule has 1 aromatic rings. The van der Waals surface area contributed by atoms with Gasteiger partial charge in [-0.2, -0.15) is 0 Å². The smallest absolute Gasteiger partial charge is 0.223 e. The Morgan fingerprint density at radius 1 is 1.10 bits per heavy atom. The van der Waals surface area contributed by atoms with Crippen molar-refractivity contribution in [3.63, 3.8) is 0 Å². The zero-order chi connectivity index (χ0) is 21.0. The standard InChI is InChI=1S/C23H34N2O4/c1-16(2)8-10-24-11-9-19-18(15-24)6-7-22(26)25(19)14-17-12-20(27-3)23(29-5)21(13-17)28-4/h8,12-13,18-19H,6-7,9-11,14-15H2,1-5H3/t18-,19+/m0/s1. The van der Waals surface area contributed by atoms with Crippen LogP contribution < -0.4 is 14.2 Å². The molecule has 0 saturated carbocycles. The molecule has 160 valence electrons. The summed E-state index contributed by atoms with van der Waals surface area (Å²) >= 11 is 0. The molecule has 2 aliphatic rings. The molecule has 1 aromatic carbocycles. The average Bonchev–Trinajstić information content (AvgIpc) is 2.73. The summed E-state index contributed by atoms with van der Waals surface area (Å²) in [4.78, 5) is 17.4. The highest BCUT2D eigenvalue weighted by molar-refractivity contribution is 5.77. The maximum Gasteiger partial charge on any atom is 0.223 e. The molecule has 0 radical (unpaired) electrons. The predicted molar refractivity (Wildman–Crippen MR) is 114 cm³/mol. The zero-order valence-corrected chi connectivity index (χ0v) is 18.4. The lowest BCUT2D eigenvalue weighted by molar-refractivity contribution is -0.141. The van der Waals surface area contributed by atoms with Crippen LogP contribution in [0.4, 0.5) is 0 Å². The number of benzene rings is 1. The largest absolute Gasteiger partial charge is 0.493 e. The first-order chi connectivity index (χ1) is 14.0. The van der Waals surface area contributed by atoms with E-state index in [1.807, 2.05) is 12.1 Å². The fraction of sp³-hybridized carbons (Fsp3) is 0.609. The van der Waals surface area contributed by atoms with Crippen LogP contribution in [-0.2, 0) is 11.3 Å². The van der Waals surface area contributed by atoms with Crippen LogP contribution >= 0.6 is 0 Å². The summed E-state index contributed by atoms with van der Waals surface area (Å²) in [5, 5.41) is 0. The maximum absolute atomic E-state index is 12.8. The molecule has 0 unspecified atom stereocenters. The van der Waals surface area contributed by atoms with E-state index < -0.39 is 0 Å². The van der Waals surface area contributed by atoms with E-state index in [0.717, 1.165) is 38.0 Å². The molecule has 6 nitrogen and oxygen atoms in total. The molecule has 29 heavy (non-hydrogen) atoms. The van der Waals surface area contributed by atoms with Crippen molar-refractivity contribution in [2.75, 3.05) is 41.0 Å². The quantitative estimate of drug-likeness (QED) is 0.654. The number of carbonyl (C=O) groups is 1. The van der Waals surface area contributed by atoms with Gasteiger partial charge in [0.15, 0.2) is 11.5 Å². The van der Waals surface area contributed by atoms with E-state index in [2.05, 4.69) is 29.7 Å². The minimum Gasteiger partial charge on any atom is -0.493 e. The fourth-order valence-corrected chi connectivity index (χ4v) is 4.53. The minimum absolute atomic E-state index is 0.248. The SMILES string of the molecule is COc1cc(CN2C(=O)CC[C@H]3CN(CC=C(C)C)CC[C@H]32)cc(OC)c1OC. The van der Waals surface area contributed by atoms with E-state index in [-0.39, 0.29) is 5.91 Å². The molecule has 0 spiro atoms. The van der Waals surface area contributed by atoms with Gasteiger partial charge in [0.25, 0.3) is 0 Å². The third kappa shape index (κ3) is 4.86. The Morgan fingerprint density at radius 3 is 2.38 bits per heavy atom. The van der Waals surface area contributed by atoms with Crippen molar-refractivity contribution in [3.8, 4) is 17.2 Å². The lowest BCUT2D eigenvalue weighted by Crippen LogP contribution is -2.55. The number of nitrogens with zero attached hydrogens (tertiary/aromatic N) is 2. The third-order valence-corrected chi connectivity index (χ3v) is 6.06. The predicted octanol–water partition coefficient (Wildman–Crippen LogP) is 3.49. The van der Waals surface area contributed by atoms with Crippen molar-refractivity contribution in [2.24, 2.45) is 5.92 Å². The van der Waals surface area contributed by atoms with E-state index in [9.17, 15) is 4.79 Å². The number of allylic oxidation sites excluding steroid dienone is 1. The Bertz CT molecular complexity index is 732. The average molecular weight is 403 g/mol. The van der Waals surface area contributed by atoms with Gasteiger partial charge < -0.3 is 19.1 Å². The topological polar surface area (TPSA) is 51.2 Å². The Labute approximate surface area is 174 Å². The summed E-state index contributed by atoms with van der Waals surface area (Å²) < 4.78 is 16.4. The summed E-state index contributed by atoms with van der Waals surface area (Å²) in [5.74, 6) is 2.61. The number of hydrogen-bond donors (Lipinski definition) is 0. The van der Waals surface area contributed by atoms with Gasteiger partial charge in [-0.1, -0.05) is 11.6 Å². The van der Waals surface area contributed by atoms with Gasteiger partial charge in [0, 0.05) is 38.6 Å². The second kappa shape index (κ2) is 9.53. The molecule has 0 bridgehead atoms. The molecule has 2 heterocycles. The number of piperidine rings is 2. The van der Waals surface area contributed by atoms with Crippen LogP contribution in [0.25, 0.3) is 0 Å². The van der Waals surface area contributed by atoms with Gasteiger partial charge in [-0.3, -0.25) is 9.69 Å². The number of hydrogen-bond acceptors (Lipinski definition) is 5. The normalized spacial score (nSPS) is 22.1. The Hall–Kier alpha value is -2.21. The van der Waals surface area contributed by atoms with Crippen molar-refractivity contribution in [1.29, 1.82) is 0 Å². The van der Waals surface area contributed by atoms with Gasteiger partial charge in [-0.05, 0) is 50.3 Å². The first-order valence-corrected chi connectivity index (χ1v) is 10.4. The van der Waals surface area contributed by atoms with Crippen LogP contribution in [-0.4, -0.2) is 62.7 Å². The highest BCUT2D eigenvalue weighted by atomic mass is 16.5. The highest BCUT2D eigenvalue weighted by Crippen LogP contribution is 2.39. The van der Waals surface area contributed by atoms with Gasteiger partial charge >= 0.3 is 0 Å². The number of fused-ring (bicyclic) bond motifs is 1. The van der Waals surface area contributed by atoms with Gasteiger partial charge in [-0.15, -0.1) is 0 Å². The van der Waals surface area contributed by atoms with Crippen LogP contribution in [0.3, 0.4) is 0 Å². The fourth-order valence-electron chi connectivity index (χ4n) is 4.53. The van der Waals surface area contributed by atoms with Gasteiger partial charge in [0.05, 0.1) is 21.3 Å². The summed E-state index contributed by atoms with van der Waals surface area (Å²) in [7, 11) is 4.83. The Kier molecular flexibility index (Phi) is 7.06. The third-order valence-electron chi connectivity index (χ3n) is 6.06. The van der Waals surface area contributed by atoms with E-state index in [1.54, 1.807) is 21.3 Å². The molecule has 3 rings (SSSR count). The summed E-state index contributed by atoms with van der Waals surface area (Å²) in [5.41, 5.74) is 2.36. The number of amides is 1. The molecule has 2 fully saturated rings. The number of carbonyl (C=O) groups excluding carboxylic acids is 1. The maximum atomic E-state index is 12.8. The number of ether oxygens (including phenoxy) is 3. The van der Waals surface area contributed by atoms with E-state index in [1.165, 1.54) is 5.57 Å². The van der Waals surface area contributed by atoms with Crippen molar-refractivity contribution in [3.05, 3.63) is 29.3 Å². The molecule has 1 amide bonds. The van der Waals surface area contributed by atoms with Crippen LogP contribution in [0.2, 0.25) is 0 Å². The van der Waals surface area contributed by atoms with Crippen LogP contribution in [0.5, 0.6) is 17.2 Å². The first-order valence-electron chi connectivity index (χ1n) is 10.4.